The van der Waals surface area contributed by atoms with Crippen LogP contribution in [0, 0.1) is 0 Å². The number of aliphatic hydroxyl groups excluding tert-OH is 1. The monoisotopic (exact) mass is 1320 g/mol. The minimum Gasteiger partial charge on any atom is -0.508 e. The lowest BCUT2D eigenvalue weighted by Gasteiger charge is -2.38. The van der Waals surface area contributed by atoms with Gasteiger partial charge >= 0.3 is 0 Å². The SMILES string of the molecule is CCCC1CC(CC(O)CCCC2CC(CCCC3CC(CC)OC(c4cccc(O)c4)O3)OC(c3cccc(O)c3)O2)OC(c2cccc(OC3=C(/C=C/C4=[N+](C)c5ccc6ccccc6c5C4(C)C)c4ccccc4/C3=C\C=C3\N(C)c4ccc5ccccc5c4C3(C)C)c2)O1. The molecule has 10 atom stereocenters. The van der Waals surface area contributed by atoms with E-state index >= 15 is 0 Å². The molecule has 0 saturated carbocycles. The molecular weight excluding hydrogens is 1220 g/mol. The third-order valence-corrected chi connectivity index (χ3v) is 21.4. The molecule has 1 aliphatic carbocycles. The van der Waals surface area contributed by atoms with Crippen molar-refractivity contribution >= 4 is 49.8 Å². The molecule has 10 unspecified atom stereocenters. The largest absolute Gasteiger partial charge is 0.508 e. The molecule has 3 saturated heterocycles. The van der Waals surface area contributed by atoms with Gasteiger partial charge in [-0.2, -0.15) is 4.58 Å². The van der Waals surface area contributed by atoms with E-state index in [0.29, 0.717) is 25.0 Å². The Bertz CT molecular complexity index is 4410. The quantitative estimate of drug-likeness (QED) is 0.0594. The highest BCUT2D eigenvalue weighted by molar-refractivity contribution is 6.10. The minimum atomic E-state index is -0.671. The first-order chi connectivity index (χ1) is 47.5. The molecule has 3 fully saturated rings. The van der Waals surface area contributed by atoms with Crippen LogP contribution in [-0.4, -0.2) is 82.4 Å². The number of hydrogen-bond acceptors (Lipinski definition) is 11. The lowest BCUT2D eigenvalue weighted by atomic mass is 9.79. The standard InChI is InChI=1S/C86H94N2O10/c1-9-22-63-53-68(50-61(91)30-20-32-66-52-67(97-83(96-66)57-26-18-29-60(90)48-57)34-21-33-65-51-62(10-2)93-82(95-65)56-25-17-28-59(89)47-56)98-84(94-63)58-27-19-31-64(49-58)92-81-73(41-45-77-85(3,4)79-69-35-13-11-23-54(69)39-43-75(79)87(77)7)71-37-15-16-38-72(71)74(81)42-46-78-86(5,6)80-70-36-14-12-24-55(70)40-44-76(80)88(78)8/h11-19,23-29,31,35-49,61-63,65-68,82-84,91H,9-10,20-22,30,32-34,50-53H2,1-8H3,(H-,89,90)/p+1. The zero-order valence-corrected chi connectivity index (χ0v) is 58.0. The third-order valence-electron chi connectivity index (χ3n) is 21.4. The van der Waals surface area contributed by atoms with E-state index in [1.165, 1.54) is 55.5 Å². The number of aliphatic hydroxyl groups is 1. The fourth-order valence-corrected chi connectivity index (χ4v) is 16.6. The number of phenols is 2. The topological polar surface area (TPSA) is 132 Å². The number of benzene rings is 8. The number of fused-ring (bicyclic) bond motifs is 7. The molecule has 12 nitrogen and oxygen atoms in total. The summed E-state index contributed by atoms with van der Waals surface area (Å²) in [4.78, 5) is 2.35. The van der Waals surface area contributed by atoms with Gasteiger partial charge in [-0.05, 0) is 177 Å². The number of likely N-dealkylation sites (N-methyl/N-ethyl adjacent to an activating group) is 1. The highest BCUT2D eigenvalue weighted by atomic mass is 16.7. The predicted octanol–water partition coefficient (Wildman–Crippen LogP) is 19.4. The van der Waals surface area contributed by atoms with Crippen LogP contribution in [0.4, 0.5) is 11.4 Å². The molecule has 0 bridgehead atoms. The third kappa shape index (κ3) is 13.7. The van der Waals surface area contributed by atoms with Crippen LogP contribution in [0.25, 0.3) is 32.7 Å². The summed E-state index contributed by atoms with van der Waals surface area (Å²) in [5.74, 6) is 1.78. The van der Waals surface area contributed by atoms with Gasteiger partial charge in [0.2, 0.25) is 5.69 Å². The molecule has 0 amide bonds. The summed E-state index contributed by atoms with van der Waals surface area (Å²) < 4.78 is 49.6. The molecule has 6 aliphatic rings. The molecule has 14 rings (SSSR count). The number of hydrogen-bond donors (Lipinski definition) is 3. The predicted molar refractivity (Wildman–Crippen MR) is 390 cm³/mol. The van der Waals surface area contributed by atoms with Gasteiger partial charge in [0.05, 0.1) is 48.1 Å². The zero-order valence-electron chi connectivity index (χ0n) is 58.0. The van der Waals surface area contributed by atoms with Gasteiger partial charge in [-0.3, -0.25) is 0 Å². The second kappa shape index (κ2) is 28.6. The molecule has 8 aromatic carbocycles. The van der Waals surface area contributed by atoms with Crippen LogP contribution in [0.15, 0.2) is 206 Å². The van der Waals surface area contributed by atoms with Crippen molar-refractivity contribution in [1.82, 2.24) is 0 Å². The summed E-state index contributed by atoms with van der Waals surface area (Å²) in [6.07, 6.45) is 16.3. The summed E-state index contributed by atoms with van der Waals surface area (Å²) in [5.41, 5.74) is 13.5. The van der Waals surface area contributed by atoms with Gasteiger partial charge in [0.1, 0.15) is 30.1 Å². The summed E-state index contributed by atoms with van der Waals surface area (Å²) in [6, 6.07) is 57.5. The van der Waals surface area contributed by atoms with Crippen LogP contribution in [0.2, 0.25) is 0 Å². The first kappa shape index (κ1) is 67.0. The highest BCUT2D eigenvalue weighted by Crippen LogP contribution is 2.52. The lowest BCUT2D eigenvalue weighted by Crippen LogP contribution is -2.36. The van der Waals surface area contributed by atoms with E-state index in [-0.39, 0.29) is 59.0 Å². The zero-order chi connectivity index (χ0) is 67.8. The van der Waals surface area contributed by atoms with Crippen molar-refractivity contribution in [1.29, 1.82) is 0 Å². The van der Waals surface area contributed by atoms with Gasteiger partial charge in [-0.1, -0.05) is 149 Å². The molecule has 5 heterocycles. The Kier molecular flexibility index (Phi) is 19.6. The molecule has 5 aliphatic heterocycles. The Morgan fingerprint density at radius 2 is 1.09 bits per heavy atom. The molecule has 0 aromatic heterocycles. The molecule has 8 aromatic rings. The van der Waals surface area contributed by atoms with Gasteiger partial charge in [-0.25, -0.2) is 0 Å². The Hall–Kier alpha value is -8.17. The van der Waals surface area contributed by atoms with Crippen molar-refractivity contribution in [2.75, 3.05) is 19.0 Å². The number of phenolic OH excluding ortho intramolecular Hbond substituents is 2. The van der Waals surface area contributed by atoms with Gasteiger partial charge in [0, 0.05) is 88.7 Å². The fourth-order valence-electron chi connectivity index (χ4n) is 16.6. The number of aromatic hydroxyl groups is 2. The Morgan fingerprint density at radius 1 is 0.551 bits per heavy atom. The Labute approximate surface area is 578 Å². The van der Waals surface area contributed by atoms with Gasteiger partial charge in [0.15, 0.2) is 24.6 Å². The molecule has 508 valence electrons. The van der Waals surface area contributed by atoms with Crippen LogP contribution < -0.4 is 9.64 Å². The van der Waals surface area contributed by atoms with E-state index in [1.807, 2.05) is 36.4 Å². The Morgan fingerprint density at radius 3 is 1.73 bits per heavy atom. The Balaban J connectivity index is 0.692. The molecule has 98 heavy (non-hydrogen) atoms. The second-order valence-corrected chi connectivity index (χ2v) is 28.9. The van der Waals surface area contributed by atoms with Crippen LogP contribution in [0.1, 0.15) is 183 Å². The van der Waals surface area contributed by atoms with Crippen molar-refractivity contribution in [3.63, 3.8) is 0 Å². The van der Waals surface area contributed by atoms with Crippen molar-refractivity contribution in [2.24, 2.45) is 0 Å². The maximum absolute atomic E-state index is 11.9. The van der Waals surface area contributed by atoms with Gasteiger partial charge in [0.25, 0.3) is 0 Å². The summed E-state index contributed by atoms with van der Waals surface area (Å²) in [7, 11) is 4.37. The van der Waals surface area contributed by atoms with E-state index < -0.39 is 25.0 Å². The molecule has 0 spiro atoms. The smallest absolute Gasteiger partial charge is 0.210 e. The maximum Gasteiger partial charge on any atom is 0.210 e. The van der Waals surface area contributed by atoms with E-state index in [0.717, 1.165) is 109 Å². The first-order valence-corrected chi connectivity index (χ1v) is 35.8. The number of rotatable bonds is 21. The van der Waals surface area contributed by atoms with Gasteiger partial charge < -0.3 is 53.4 Å². The lowest BCUT2D eigenvalue weighted by molar-refractivity contribution is -0.401. The highest BCUT2D eigenvalue weighted by Gasteiger charge is 2.45. The van der Waals surface area contributed by atoms with Crippen molar-refractivity contribution < 1.29 is 53.1 Å². The molecule has 0 radical (unpaired) electrons. The number of ether oxygens (including phenoxy) is 7. The summed E-state index contributed by atoms with van der Waals surface area (Å²) in [6.45, 7) is 13.7. The molecule has 3 N–H and O–H groups in total. The van der Waals surface area contributed by atoms with Crippen molar-refractivity contribution in [2.45, 2.75) is 197 Å². The normalized spacial score (nSPS) is 25.4. The van der Waals surface area contributed by atoms with Crippen LogP contribution in [0.3, 0.4) is 0 Å². The van der Waals surface area contributed by atoms with E-state index in [9.17, 15) is 15.3 Å². The average Bonchev–Trinajstić information content (AvgIpc) is 1.58. The number of anilines is 1. The summed E-state index contributed by atoms with van der Waals surface area (Å²) in [5, 5.41) is 37.6. The van der Waals surface area contributed by atoms with E-state index in [1.54, 1.807) is 24.3 Å². The number of allylic oxidation sites excluding steroid dienone is 7. The molecule has 12 heteroatoms. The minimum absolute atomic E-state index is 0.00490. The van der Waals surface area contributed by atoms with Gasteiger partial charge in [-0.15, -0.1) is 0 Å². The van der Waals surface area contributed by atoms with Crippen LogP contribution >= 0.6 is 0 Å². The molecular formula is C86H95N2O10+. The first-order valence-electron chi connectivity index (χ1n) is 35.8. The second-order valence-electron chi connectivity index (χ2n) is 28.9. The number of nitrogens with zero attached hydrogens (tertiary/aromatic N) is 2. The fraction of sp³-hybridized carbons (Fsp3) is 0.384. The maximum atomic E-state index is 11.9. The van der Waals surface area contributed by atoms with Crippen molar-refractivity contribution in [3.05, 3.63) is 245 Å². The van der Waals surface area contributed by atoms with Crippen LogP contribution in [0.5, 0.6) is 17.2 Å². The van der Waals surface area contributed by atoms with E-state index in [2.05, 4.69) is 199 Å². The van der Waals surface area contributed by atoms with Crippen molar-refractivity contribution in [3.8, 4) is 17.2 Å². The van der Waals surface area contributed by atoms with E-state index in [4.69, 9.17) is 33.2 Å². The summed E-state index contributed by atoms with van der Waals surface area (Å²) >= 11 is 0. The van der Waals surface area contributed by atoms with Crippen LogP contribution in [-0.2, 0) is 39.3 Å². The average molecular weight is 1320 g/mol.